The van der Waals surface area contributed by atoms with Gasteiger partial charge in [0.05, 0.1) is 16.7 Å². The summed E-state index contributed by atoms with van der Waals surface area (Å²) in [5.41, 5.74) is 1.50. The number of rotatable bonds is 5. The first-order valence-electron chi connectivity index (χ1n) is 9.17. The predicted molar refractivity (Wildman–Crippen MR) is 103 cm³/mol. The Kier molecular flexibility index (Phi) is 5.19. The van der Waals surface area contributed by atoms with Gasteiger partial charge in [-0.15, -0.1) is 10.2 Å². The van der Waals surface area contributed by atoms with E-state index in [2.05, 4.69) is 10.2 Å². The molecule has 29 heavy (non-hydrogen) atoms. The standard InChI is InChI=1S/C20H18N4O5/c25-18(6-3-14-1-4-17(5-2-14)24(26)27)23-10-7-15(8-11-23)19-21-22-20(29-19)16-9-12-28-13-16/h1-6,9,12-13,15H,7-8,10-11H2/b6-3+. The number of carbonyl (C=O) groups excluding carboxylic acids is 1. The minimum absolute atomic E-state index is 0.0208. The van der Waals surface area contributed by atoms with E-state index in [1.165, 1.54) is 18.2 Å². The average Bonchev–Trinajstić information content (AvgIpc) is 3.44. The van der Waals surface area contributed by atoms with Crippen LogP contribution < -0.4 is 0 Å². The van der Waals surface area contributed by atoms with E-state index in [-0.39, 0.29) is 17.5 Å². The quantitative estimate of drug-likeness (QED) is 0.368. The van der Waals surface area contributed by atoms with Crippen LogP contribution in [0.25, 0.3) is 17.5 Å². The van der Waals surface area contributed by atoms with Crippen LogP contribution in [-0.2, 0) is 4.79 Å². The molecular weight excluding hydrogens is 376 g/mol. The molecule has 4 rings (SSSR count). The SMILES string of the molecule is O=C(/C=C/c1ccc([N+](=O)[O-])cc1)N1CCC(c2nnc(-c3ccoc3)o2)CC1. The van der Waals surface area contributed by atoms with Gasteiger partial charge in [0.25, 0.3) is 11.6 Å². The minimum Gasteiger partial charge on any atom is -0.472 e. The van der Waals surface area contributed by atoms with Gasteiger partial charge in [0.15, 0.2) is 0 Å². The molecule has 1 aromatic carbocycles. The maximum atomic E-state index is 12.4. The zero-order valence-corrected chi connectivity index (χ0v) is 15.4. The molecule has 0 unspecified atom stereocenters. The van der Waals surface area contributed by atoms with Crippen molar-refractivity contribution in [2.45, 2.75) is 18.8 Å². The first-order valence-corrected chi connectivity index (χ1v) is 9.17. The highest BCUT2D eigenvalue weighted by atomic mass is 16.6. The number of likely N-dealkylation sites (tertiary alicyclic amines) is 1. The smallest absolute Gasteiger partial charge is 0.269 e. The highest BCUT2D eigenvalue weighted by Gasteiger charge is 2.26. The molecule has 0 bridgehead atoms. The van der Waals surface area contributed by atoms with E-state index >= 15 is 0 Å². The van der Waals surface area contributed by atoms with Gasteiger partial charge in [-0.25, -0.2) is 0 Å². The van der Waals surface area contributed by atoms with Gasteiger partial charge in [-0.3, -0.25) is 14.9 Å². The minimum atomic E-state index is -0.454. The number of hydrogen-bond acceptors (Lipinski definition) is 7. The lowest BCUT2D eigenvalue weighted by molar-refractivity contribution is -0.384. The third kappa shape index (κ3) is 4.23. The molecular formula is C20H18N4O5. The number of piperidine rings is 1. The van der Waals surface area contributed by atoms with Crippen molar-refractivity contribution in [3.05, 3.63) is 70.5 Å². The summed E-state index contributed by atoms with van der Waals surface area (Å²) in [6.45, 7) is 1.19. The van der Waals surface area contributed by atoms with Crippen LogP contribution in [0.3, 0.4) is 0 Å². The Hall–Kier alpha value is -3.75. The summed E-state index contributed by atoms with van der Waals surface area (Å²) in [4.78, 5) is 24.4. The maximum absolute atomic E-state index is 12.4. The number of aromatic nitrogens is 2. The molecule has 0 atom stereocenters. The number of nitro benzene ring substituents is 1. The van der Waals surface area contributed by atoms with E-state index in [0.29, 0.717) is 24.9 Å². The molecule has 0 spiro atoms. The van der Waals surface area contributed by atoms with Crippen molar-refractivity contribution in [1.82, 2.24) is 15.1 Å². The van der Waals surface area contributed by atoms with Crippen molar-refractivity contribution in [3.8, 4) is 11.5 Å². The van der Waals surface area contributed by atoms with Gasteiger partial charge in [0.2, 0.25) is 11.8 Å². The molecule has 1 aliphatic rings. The van der Waals surface area contributed by atoms with Crippen LogP contribution in [0.1, 0.15) is 30.2 Å². The van der Waals surface area contributed by atoms with Crippen LogP contribution in [0.4, 0.5) is 5.69 Å². The van der Waals surface area contributed by atoms with E-state index in [1.807, 2.05) is 0 Å². The van der Waals surface area contributed by atoms with Crippen LogP contribution in [0, 0.1) is 10.1 Å². The normalized spacial score (nSPS) is 15.1. The van der Waals surface area contributed by atoms with Gasteiger partial charge < -0.3 is 13.7 Å². The van der Waals surface area contributed by atoms with E-state index in [4.69, 9.17) is 8.83 Å². The Morgan fingerprint density at radius 3 is 2.59 bits per heavy atom. The number of amides is 1. The van der Waals surface area contributed by atoms with E-state index < -0.39 is 4.92 Å². The third-order valence-electron chi connectivity index (χ3n) is 4.89. The molecule has 1 aliphatic heterocycles. The van der Waals surface area contributed by atoms with Crippen molar-refractivity contribution >= 4 is 17.7 Å². The summed E-state index contributed by atoms with van der Waals surface area (Å²) >= 11 is 0. The lowest BCUT2D eigenvalue weighted by atomic mass is 9.97. The zero-order valence-electron chi connectivity index (χ0n) is 15.4. The van der Waals surface area contributed by atoms with Crippen molar-refractivity contribution in [2.75, 3.05) is 13.1 Å². The monoisotopic (exact) mass is 394 g/mol. The summed E-state index contributed by atoms with van der Waals surface area (Å²) in [7, 11) is 0. The topological polar surface area (TPSA) is 116 Å². The Balaban J connectivity index is 1.32. The van der Waals surface area contributed by atoms with Gasteiger partial charge in [-0.1, -0.05) is 0 Å². The second-order valence-electron chi connectivity index (χ2n) is 6.74. The largest absolute Gasteiger partial charge is 0.472 e. The molecule has 0 aliphatic carbocycles. The molecule has 1 saturated heterocycles. The number of non-ortho nitro benzene ring substituents is 1. The zero-order chi connectivity index (χ0) is 20.2. The molecule has 0 saturated carbocycles. The third-order valence-corrected chi connectivity index (χ3v) is 4.89. The first-order chi connectivity index (χ1) is 14.1. The molecule has 1 fully saturated rings. The molecule has 0 N–H and O–H groups in total. The number of nitrogens with zero attached hydrogens (tertiary/aromatic N) is 4. The first kappa shape index (κ1) is 18.6. The van der Waals surface area contributed by atoms with E-state index in [1.54, 1.807) is 41.7 Å². The molecule has 9 nitrogen and oxygen atoms in total. The van der Waals surface area contributed by atoms with Crippen LogP contribution in [0.2, 0.25) is 0 Å². The fourth-order valence-electron chi connectivity index (χ4n) is 3.23. The number of hydrogen-bond donors (Lipinski definition) is 0. The Morgan fingerprint density at radius 1 is 1.17 bits per heavy atom. The van der Waals surface area contributed by atoms with Gasteiger partial charge >= 0.3 is 0 Å². The van der Waals surface area contributed by atoms with Gasteiger partial charge in [-0.2, -0.15) is 0 Å². The maximum Gasteiger partial charge on any atom is 0.269 e. The molecule has 3 aromatic rings. The summed E-state index contributed by atoms with van der Waals surface area (Å²) in [6, 6.07) is 7.81. The fraction of sp³-hybridized carbons (Fsp3) is 0.250. The van der Waals surface area contributed by atoms with Gasteiger partial charge in [0.1, 0.15) is 6.26 Å². The highest BCUT2D eigenvalue weighted by Crippen LogP contribution is 2.29. The Morgan fingerprint density at radius 2 is 1.93 bits per heavy atom. The van der Waals surface area contributed by atoms with Crippen molar-refractivity contribution in [1.29, 1.82) is 0 Å². The summed E-state index contributed by atoms with van der Waals surface area (Å²) < 4.78 is 10.8. The van der Waals surface area contributed by atoms with Crippen molar-refractivity contribution in [2.24, 2.45) is 0 Å². The molecule has 3 heterocycles. The lowest BCUT2D eigenvalue weighted by Crippen LogP contribution is -2.36. The van der Waals surface area contributed by atoms with Crippen LogP contribution >= 0.6 is 0 Å². The Labute approximate surface area is 165 Å². The number of nitro groups is 1. The molecule has 148 valence electrons. The highest BCUT2D eigenvalue weighted by molar-refractivity contribution is 5.91. The van der Waals surface area contributed by atoms with E-state index in [9.17, 15) is 14.9 Å². The lowest BCUT2D eigenvalue weighted by Gasteiger charge is -2.29. The van der Waals surface area contributed by atoms with Gasteiger partial charge in [0, 0.05) is 37.2 Å². The van der Waals surface area contributed by atoms with Crippen LogP contribution in [0.5, 0.6) is 0 Å². The molecule has 0 radical (unpaired) electrons. The Bertz CT molecular complexity index is 1020. The number of furan rings is 1. The predicted octanol–water partition coefficient (Wildman–Crippen LogP) is 3.66. The summed E-state index contributed by atoms with van der Waals surface area (Å²) in [5.74, 6) is 1.03. The second-order valence-corrected chi connectivity index (χ2v) is 6.74. The molecule has 1 amide bonds. The molecule has 2 aromatic heterocycles. The fourth-order valence-corrected chi connectivity index (χ4v) is 3.23. The molecule has 9 heteroatoms. The average molecular weight is 394 g/mol. The second kappa shape index (κ2) is 8.09. The van der Waals surface area contributed by atoms with Gasteiger partial charge in [-0.05, 0) is 42.7 Å². The summed E-state index contributed by atoms with van der Waals surface area (Å²) in [6.07, 6.45) is 7.73. The van der Waals surface area contributed by atoms with Crippen molar-refractivity contribution < 1.29 is 18.6 Å². The number of benzene rings is 1. The van der Waals surface area contributed by atoms with Crippen molar-refractivity contribution in [3.63, 3.8) is 0 Å². The summed E-state index contributed by atoms with van der Waals surface area (Å²) in [5, 5.41) is 18.9. The van der Waals surface area contributed by atoms with Crippen LogP contribution in [-0.4, -0.2) is 39.0 Å². The number of carbonyl (C=O) groups is 1. The van der Waals surface area contributed by atoms with E-state index in [0.717, 1.165) is 24.0 Å². The van der Waals surface area contributed by atoms with Crippen LogP contribution in [0.15, 0.2) is 57.8 Å².